The molecule has 0 aromatic heterocycles. The average Bonchev–Trinajstić information content (AvgIpc) is 2.93. The summed E-state index contributed by atoms with van der Waals surface area (Å²) < 4.78 is 5.62. The zero-order chi connectivity index (χ0) is 18.8. The van der Waals surface area contributed by atoms with E-state index in [-0.39, 0.29) is 24.2 Å². The third-order valence-corrected chi connectivity index (χ3v) is 5.09. The Balaban J connectivity index is 1.78. The molecule has 0 N–H and O–H groups in total. The van der Waals surface area contributed by atoms with Gasteiger partial charge in [-0.05, 0) is 35.1 Å². The summed E-state index contributed by atoms with van der Waals surface area (Å²) in [6.07, 6.45) is -0.458. The summed E-state index contributed by atoms with van der Waals surface area (Å²) >= 11 is 0. The molecule has 0 saturated carbocycles. The molecule has 1 aliphatic carbocycles. The van der Waals surface area contributed by atoms with Crippen molar-refractivity contribution in [2.75, 3.05) is 13.7 Å². The molecule has 4 heteroatoms. The van der Waals surface area contributed by atoms with Crippen molar-refractivity contribution >= 4 is 11.9 Å². The smallest absolute Gasteiger partial charge is 0.410 e. The van der Waals surface area contributed by atoms with Gasteiger partial charge in [-0.25, -0.2) is 4.79 Å². The number of fused-ring (bicyclic) bond motifs is 3. The summed E-state index contributed by atoms with van der Waals surface area (Å²) in [7, 11) is 1.63. The van der Waals surface area contributed by atoms with Gasteiger partial charge in [0.05, 0.1) is 6.04 Å². The molecule has 0 unspecified atom stereocenters. The number of nitrogens with zero attached hydrogens (tertiary/aromatic N) is 1. The third-order valence-electron chi connectivity index (χ3n) is 5.09. The van der Waals surface area contributed by atoms with Gasteiger partial charge in [0.15, 0.2) is 5.78 Å². The van der Waals surface area contributed by atoms with Gasteiger partial charge in [-0.2, -0.15) is 0 Å². The first-order valence-electron chi connectivity index (χ1n) is 9.00. The van der Waals surface area contributed by atoms with Crippen molar-refractivity contribution in [3.8, 4) is 11.1 Å². The van der Waals surface area contributed by atoms with Crippen LogP contribution in [0.25, 0.3) is 11.1 Å². The molecule has 1 aliphatic rings. The molecule has 0 heterocycles. The Morgan fingerprint density at radius 1 is 1.00 bits per heavy atom. The maximum atomic E-state index is 12.5. The van der Waals surface area contributed by atoms with Crippen LogP contribution in [0.5, 0.6) is 0 Å². The van der Waals surface area contributed by atoms with Crippen molar-refractivity contribution < 1.29 is 14.3 Å². The van der Waals surface area contributed by atoms with Gasteiger partial charge in [0, 0.05) is 13.0 Å². The minimum absolute atomic E-state index is 0.0228. The third kappa shape index (κ3) is 3.24. The number of hydrogen-bond donors (Lipinski definition) is 0. The van der Waals surface area contributed by atoms with Crippen LogP contribution >= 0.6 is 0 Å². The lowest BCUT2D eigenvalue weighted by Gasteiger charge is -2.29. The number of hydrogen-bond acceptors (Lipinski definition) is 3. The zero-order valence-corrected chi connectivity index (χ0v) is 15.7. The number of Topliss-reactive ketones (excluding diaryl/α,β-unsaturated/α-hetero) is 1. The Kier molecular flexibility index (Phi) is 5.12. The number of amides is 1. The van der Waals surface area contributed by atoms with E-state index in [0.717, 1.165) is 0 Å². The summed E-state index contributed by atoms with van der Waals surface area (Å²) in [5.74, 6) is 0.0311. The molecule has 0 aliphatic heterocycles. The molecular formula is C22H25NO3. The standard InChI is InChI=1S/C22H25NO3/c1-14(2)21(15(3)24)23(4)22(25)26-13-20-18-11-7-5-9-16(18)17-10-6-8-12-19(17)20/h5-12,14,20-21H,13H2,1-4H3/t21-/m0/s1. The molecule has 2 aromatic carbocycles. The van der Waals surface area contributed by atoms with Gasteiger partial charge in [0.25, 0.3) is 0 Å². The molecular weight excluding hydrogens is 326 g/mol. The highest BCUT2D eigenvalue weighted by atomic mass is 16.6. The molecule has 0 bridgehead atoms. The van der Waals surface area contributed by atoms with Crippen LogP contribution in [0, 0.1) is 5.92 Å². The molecule has 1 atom stereocenters. The minimum atomic E-state index is -0.467. The van der Waals surface area contributed by atoms with Crippen molar-refractivity contribution in [2.24, 2.45) is 5.92 Å². The lowest BCUT2D eigenvalue weighted by molar-refractivity contribution is -0.122. The molecule has 2 aromatic rings. The van der Waals surface area contributed by atoms with Crippen LogP contribution in [0.15, 0.2) is 48.5 Å². The quantitative estimate of drug-likeness (QED) is 0.798. The van der Waals surface area contributed by atoms with Crippen molar-refractivity contribution in [3.05, 3.63) is 59.7 Å². The lowest BCUT2D eigenvalue weighted by atomic mass is 9.98. The number of carbonyl (C=O) groups excluding carboxylic acids is 2. The maximum absolute atomic E-state index is 12.5. The molecule has 136 valence electrons. The van der Waals surface area contributed by atoms with Gasteiger partial charge in [-0.15, -0.1) is 0 Å². The highest BCUT2D eigenvalue weighted by Crippen LogP contribution is 2.44. The summed E-state index contributed by atoms with van der Waals surface area (Å²) in [6, 6.07) is 16.0. The lowest BCUT2D eigenvalue weighted by Crippen LogP contribution is -2.45. The average molecular weight is 351 g/mol. The SMILES string of the molecule is CC(=O)[C@H](C(C)C)N(C)C(=O)OCC1c2ccccc2-c2ccccc21. The number of benzene rings is 2. The normalized spacial score (nSPS) is 13.9. The van der Waals surface area contributed by atoms with Crippen molar-refractivity contribution in [1.82, 2.24) is 4.90 Å². The van der Waals surface area contributed by atoms with E-state index in [9.17, 15) is 9.59 Å². The van der Waals surface area contributed by atoms with E-state index < -0.39 is 12.1 Å². The summed E-state index contributed by atoms with van der Waals surface area (Å²) in [5, 5.41) is 0. The van der Waals surface area contributed by atoms with Gasteiger partial charge in [-0.1, -0.05) is 62.4 Å². The molecule has 26 heavy (non-hydrogen) atoms. The highest BCUT2D eigenvalue weighted by Gasteiger charge is 2.31. The van der Waals surface area contributed by atoms with Crippen LogP contribution < -0.4 is 0 Å². The van der Waals surface area contributed by atoms with E-state index in [1.165, 1.54) is 34.1 Å². The summed E-state index contributed by atoms with van der Waals surface area (Å²) in [4.78, 5) is 25.8. The van der Waals surface area contributed by atoms with Crippen LogP contribution in [0.4, 0.5) is 4.79 Å². The number of carbonyl (C=O) groups is 2. The van der Waals surface area contributed by atoms with Crippen LogP contribution in [0.1, 0.15) is 37.8 Å². The molecule has 0 spiro atoms. The molecule has 4 nitrogen and oxygen atoms in total. The Bertz CT molecular complexity index is 782. The van der Waals surface area contributed by atoms with Gasteiger partial charge < -0.3 is 9.64 Å². The maximum Gasteiger partial charge on any atom is 0.410 e. The monoisotopic (exact) mass is 351 g/mol. The fraction of sp³-hybridized carbons (Fsp3) is 0.364. The highest BCUT2D eigenvalue weighted by molar-refractivity contribution is 5.85. The number of likely N-dealkylation sites (N-methyl/N-ethyl adjacent to an activating group) is 1. The second-order valence-corrected chi connectivity index (χ2v) is 7.21. The predicted molar refractivity (Wildman–Crippen MR) is 102 cm³/mol. The van der Waals surface area contributed by atoms with E-state index in [4.69, 9.17) is 4.74 Å². The largest absolute Gasteiger partial charge is 0.448 e. The van der Waals surface area contributed by atoms with E-state index in [1.807, 2.05) is 38.1 Å². The van der Waals surface area contributed by atoms with Crippen molar-refractivity contribution in [3.63, 3.8) is 0 Å². The molecule has 1 amide bonds. The van der Waals surface area contributed by atoms with Crippen LogP contribution in [-0.4, -0.2) is 36.5 Å². The van der Waals surface area contributed by atoms with E-state index in [1.54, 1.807) is 7.05 Å². The Labute approximate surface area is 154 Å². The first kappa shape index (κ1) is 18.2. The second-order valence-electron chi connectivity index (χ2n) is 7.21. The predicted octanol–water partition coefficient (Wildman–Crippen LogP) is 4.48. The van der Waals surface area contributed by atoms with Gasteiger partial charge in [0.1, 0.15) is 6.61 Å². The second kappa shape index (κ2) is 7.32. The van der Waals surface area contributed by atoms with E-state index in [0.29, 0.717) is 0 Å². The Hall–Kier alpha value is -2.62. The topological polar surface area (TPSA) is 46.6 Å². The van der Waals surface area contributed by atoms with E-state index >= 15 is 0 Å². The molecule has 0 fully saturated rings. The Morgan fingerprint density at radius 3 is 1.96 bits per heavy atom. The zero-order valence-electron chi connectivity index (χ0n) is 15.7. The number of ether oxygens (including phenoxy) is 1. The Morgan fingerprint density at radius 2 is 1.50 bits per heavy atom. The van der Waals surface area contributed by atoms with Gasteiger partial charge in [0.2, 0.25) is 0 Å². The van der Waals surface area contributed by atoms with Crippen LogP contribution in [-0.2, 0) is 9.53 Å². The number of rotatable bonds is 5. The molecule has 0 radical (unpaired) electrons. The van der Waals surface area contributed by atoms with Crippen molar-refractivity contribution in [2.45, 2.75) is 32.7 Å². The summed E-state index contributed by atoms with van der Waals surface area (Å²) in [5.41, 5.74) is 4.75. The van der Waals surface area contributed by atoms with Crippen molar-refractivity contribution in [1.29, 1.82) is 0 Å². The minimum Gasteiger partial charge on any atom is -0.448 e. The molecule has 0 saturated heterocycles. The first-order valence-corrected chi connectivity index (χ1v) is 9.00. The first-order chi connectivity index (χ1) is 12.4. The fourth-order valence-electron chi connectivity index (χ4n) is 4.00. The van der Waals surface area contributed by atoms with Crippen LogP contribution in [0.2, 0.25) is 0 Å². The van der Waals surface area contributed by atoms with Gasteiger partial charge >= 0.3 is 6.09 Å². The summed E-state index contributed by atoms with van der Waals surface area (Å²) in [6.45, 7) is 5.64. The van der Waals surface area contributed by atoms with Crippen LogP contribution in [0.3, 0.4) is 0 Å². The molecule has 3 rings (SSSR count). The van der Waals surface area contributed by atoms with Gasteiger partial charge in [-0.3, -0.25) is 4.79 Å². The fourth-order valence-corrected chi connectivity index (χ4v) is 4.00. The van der Waals surface area contributed by atoms with E-state index in [2.05, 4.69) is 24.3 Å². The number of ketones is 1.